The molecule has 1 aliphatic rings. The van der Waals surface area contributed by atoms with Crippen molar-refractivity contribution in [1.29, 1.82) is 0 Å². The zero-order valence-electron chi connectivity index (χ0n) is 10.8. The van der Waals surface area contributed by atoms with Gasteiger partial charge in [-0.3, -0.25) is 9.69 Å². The second-order valence-corrected chi connectivity index (χ2v) is 5.79. The van der Waals surface area contributed by atoms with Crippen molar-refractivity contribution < 1.29 is 4.79 Å². The van der Waals surface area contributed by atoms with E-state index in [-0.39, 0.29) is 5.91 Å². The molecule has 0 radical (unpaired) electrons. The van der Waals surface area contributed by atoms with Crippen LogP contribution in [0, 0.1) is 0 Å². The molecule has 5 heteroatoms. The van der Waals surface area contributed by atoms with Crippen molar-refractivity contribution in [2.75, 3.05) is 19.6 Å². The zero-order valence-corrected chi connectivity index (χ0v) is 11.6. The van der Waals surface area contributed by atoms with Gasteiger partial charge in [0.05, 0.1) is 12.1 Å². The number of amides is 1. The first-order valence-electron chi connectivity index (χ1n) is 6.49. The Kier molecular flexibility index (Phi) is 4.74. The van der Waals surface area contributed by atoms with Crippen molar-refractivity contribution in [1.82, 2.24) is 10.2 Å². The minimum Gasteiger partial charge on any atom is -0.353 e. The number of nitrogens with two attached hydrogens (primary N) is 1. The molecule has 2 rings (SSSR count). The van der Waals surface area contributed by atoms with Crippen molar-refractivity contribution in [3.05, 3.63) is 22.4 Å². The first-order chi connectivity index (χ1) is 8.68. The summed E-state index contributed by atoms with van der Waals surface area (Å²) in [6, 6.07) is 4.07. The van der Waals surface area contributed by atoms with Crippen LogP contribution in [0.1, 0.15) is 30.7 Å². The van der Waals surface area contributed by atoms with Crippen molar-refractivity contribution in [3.63, 3.8) is 0 Å². The third-order valence-corrected chi connectivity index (χ3v) is 4.31. The van der Waals surface area contributed by atoms with E-state index in [0.717, 1.165) is 13.1 Å². The van der Waals surface area contributed by atoms with Crippen LogP contribution in [0.3, 0.4) is 0 Å². The molecule has 1 saturated heterocycles. The van der Waals surface area contributed by atoms with Gasteiger partial charge in [-0.15, -0.1) is 11.3 Å². The maximum absolute atomic E-state index is 11.6. The van der Waals surface area contributed by atoms with Gasteiger partial charge in [0.2, 0.25) is 5.91 Å². The van der Waals surface area contributed by atoms with E-state index in [1.807, 2.05) is 0 Å². The highest BCUT2D eigenvalue weighted by Crippen LogP contribution is 2.27. The summed E-state index contributed by atoms with van der Waals surface area (Å²) in [6.45, 7) is 4.61. The topological polar surface area (TPSA) is 58.4 Å². The fourth-order valence-corrected chi connectivity index (χ4v) is 3.16. The van der Waals surface area contributed by atoms with Crippen LogP contribution >= 0.6 is 11.3 Å². The first-order valence-corrected chi connectivity index (χ1v) is 7.37. The Hall–Kier alpha value is -0.910. The van der Waals surface area contributed by atoms with Crippen LogP contribution in [0.4, 0.5) is 0 Å². The molecule has 100 valence electrons. The second kappa shape index (κ2) is 6.31. The molecule has 1 aromatic rings. The Labute approximate surface area is 112 Å². The maximum Gasteiger partial charge on any atom is 0.236 e. The monoisotopic (exact) mass is 267 g/mol. The molecule has 0 bridgehead atoms. The maximum atomic E-state index is 11.6. The number of thiophene rings is 1. The average Bonchev–Trinajstić information content (AvgIpc) is 3.01. The first kappa shape index (κ1) is 13.5. The highest BCUT2D eigenvalue weighted by atomic mass is 32.1. The van der Waals surface area contributed by atoms with E-state index in [2.05, 4.69) is 27.7 Å². The number of nitrogens with zero attached hydrogens (tertiary/aromatic N) is 1. The third-order valence-electron chi connectivity index (χ3n) is 3.34. The quantitative estimate of drug-likeness (QED) is 0.846. The molecular formula is C13H21N3OS. The summed E-state index contributed by atoms with van der Waals surface area (Å²) in [5.41, 5.74) is 5.57. The fraction of sp³-hybridized carbons (Fsp3) is 0.615. The molecule has 1 aliphatic heterocycles. The van der Waals surface area contributed by atoms with E-state index in [9.17, 15) is 4.79 Å². The van der Waals surface area contributed by atoms with Gasteiger partial charge in [0.15, 0.2) is 0 Å². The van der Waals surface area contributed by atoms with E-state index in [1.165, 1.54) is 17.7 Å². The van der Waals surface area contributed by atoms with Gasteiger partial charge in [0.1, 0.15) is 0 Å². The van der Waals surface area contributed by atoms with Gasteiger partial charge in [-0.25, -0.2) is 0 Å². The van der Waals surface area contributed by atoms with Crippen LogP contribution < -0.4 is 11.1 Å². The lowest BCUT2D eigenvalue weighted by Gasteiger charge is -2.27. The van der Waals surface area contributed by atoms with Crippen molar-refractivity contribution in [2.45, 2.75) is 31.8 Å². The predicted molar refractivity (Wildman–Crippen MR) is 74.5 cm³/mol. The Morgan fingerprint density at radius 1 is 1.56 bits per heavy atom. The molecular weight excluding hydrogens is 246 g/mol. The van der Waals surface area contributed by atoms with Crippen LogP contribution in [0.15, 0.2) is 17.5 Å². The molecule has 1 amide bonds. The van der Waals surface area contributed by atoms with Crippen LogP contribution in [-0.2, 0) is 4.79 Å². The lowest BCUT2D eigenvalue weighted by atomic mass is 10.2. The van der Waals surface area contributed by atoms with Gasteiger partial charge < -0.3 is 11.1 Å². The van der Waals surface area contributed by atoms with Crippen LogP contribution in [0.2, 0.25) is 0 Å². The van der Waals surface area contributed by atoms with Gasteiger partial charge in [-0.1, -0.05) is 6.07 Å². The molecule has 1 aromatic heterocycles. The summed E-state index contributed by atoms with van der Waals surface area (Å²) in [5.74, 6) is -0.0734. The van der Waals surface area contributed by atoms with Crippen LogP contribution in [0.25, 0.3) is 0 Å². The van der Waals surface area contributed by atoms with Crippen LogP contribution in [-0.4, -0.2) is 36.5 Å². The number of hydrogen-bond donors (Lipinski definition) is 2. The largest absolute Gasteiger partial charge is 0.353 e. The molecule has 0 aliphatic carbocycles. The summed E-state index contributed by atoms with van der Waals surface area (Å²) < 4.78 is 0. The van der Waals surface area contributed by atoms with Gasteiger partial charge in [0.25, 0.3) is 0 Å². The molecule has 0 spiro atoms. The van der Waals surface area contributed by atoms with Crippen LogP contribution in [0.5, 0.6) is 0 Å². The number of nitrogens with one attached hydrogen (secondary N) is 1. The summed E-state index contributed by atoms with van der Waals surface area (Å²) in [6.07, 6.45) is 2.51. The molecule has 1 fully saturated rings. The van der Waals surface area contributed by atoms with Gasteiger partial charge in [0, 0.05) is 11.4 Å². The molecule has 0 saturated carbocycles. The minimum atomic E-state index is -0.437. The number of hydrogen-bond acceptors (Lipinski definition) is 4. The summed E-state index contributed by atoms with van der Waals surface area (Å²) in [7, 11) is 0. The van der Waals surface area contributed by atoms with Crippen molar-refractivity contribution in [2.24, 2.45) is 5.73 Å². The summed E-state index contributed by atoms with van der Waals surface area (Å²) in [4.78, 5) is 15.4. The Bertz CT molecular complexity index is 372. The molecule has 2 heterocycles. The SMILES string of the molecule is CC(N)C(=O)NCC(c1cccs1)N1CCCC1. The number of carbonyl (C=O) groups is 1. The van der Waals surface area contributed by atoms with Crippen molar-refractivity contribution >= 4 is 17.2 Å². The smallest absolute Gasteiger partial charge is 0.236 e. The fourth-order valence-electron chi connectivity index (χ4n) is 2.30. The Balaban J connectivity index is 1.99. The molecule has 4 nitrogen and oxygen atoms in total. The summed E-state index contributed by atoms with van der Waals surface area (Å²) >= 11 is 1.75. The van der Waals surface area contributed by atoms with Gasteiger partial charge in [-0.05, 0) is 44.3 Å². The molecule has 18 heavy (non-hydrogen) atoms. The Morgan fingerprint density at radius 3 is 2.83 bits per heavy atom. The molecule has 2 unspecified atom stereocenters. The predicted octanol–water partition coefficient (Wildman–Crippen LogP) is 1.35. The second-order valence-electron chi connectivity index (χ2n) is 4.81. The standard InChI is InChI=1S/C13H21N3OS/c1-10(14)13(17)15-9-11(12-5-4-8-18-12)16-6-2-3-7-16/h4-5,8,10-11H,2-3,6-7,9,14H2,1H3,(H,15,17). The molecule has 0 aromatic carbocycles. The lowest BCUT2D eigenvalue weighted by Crippen LogP contribution is -2.42. The molecule has 3 N–H and O–H groups in total. The highest BCUT2D eigenvalue weighted by molar-refractivity contribution is 7.10. The van der Waals surface area contributed by atoms with E-state index in [4.69, 9.17) is 5.73 Å². The highest BCUT2D eigenvalue weighted by Gasteiger charge is 2.24. The number of rotatable bonds is 5. The van der Waals surface area contributed by atoms with Crippen molar-refractivity contribution in [3.8, 4) is 0 Å². The lowest BCUT2D eigenvalue weighted by molar-refractivity contribution is -0.122. The number of likely N-dealkylation sites (tertiary alicyclic amines) is 1. The van der Waals surface area contributed by atoms with E-state index >= 15 is 0 Å². The van der Waals surface area contributed by atoms with Gasteiger partial charge >= 0.3 is 0 Å². The van der Waals surface area contributed by atoms with E-state index in [0.29, 0.717) is 12.6 Å². The Morgan fingerprint density at radius 2 is 2.28 bits per heavy atom. The number of carbonyl (C=O) groups excluding carboxylic acids is 1. The molecule has 2 atom stereocenters. The van der Waals surface area contributed by atoms with Gasteiger partial charge in [-0.2, -0.15) is 0 Å². The third kappa shape index (κ3) is 3.31. The average molecular weight is 267 g/mol. The van der Waals surface area contributed by atoms with E-state index in [1.54, 1.807) is 18.3 Å². The summed E-state index contributed by atoms with van der Waals surface area (Å²) in [5, 5.41) is 5.04. The van der Waals surface area contributed by atoms with E-state index < -0.39 is 6.04 Å². The minimum absolute atomic E-state index is 0.0734. The zero-order chi connectivity index (χ0) is 13.0. The normalized spacial score (nSPS) is 19.7.